The van der Waals surface area contributed by atoms with Gasteiger partial charge in [-0.2, -0.15) is 0 Å². The van der Waals surface area contributed by atoms with Crippen LogP contribution in [0.25, 0.3) is 0 Å². The number of halogens is 1. The van der Waals surface area contributed by atoms with Gasteiger partial charge in [-0.1, -0.05) is 42.5 Å². The Hall–Kier alpha value is -1.40. The fraction of sp³-hybridized carbons (Fsp3) is 0.250. The largest absolute Gasteiger partial charge is 0.316 e. The molecule has 2 aromatic carbocycles. The van der Waals surface area contributed by atoms with Crippen molar-refractivity contribution in [2.75, 3.05) is 13.1 Å². The minimum absolute atomic E-state index is 0. The Balaban J connectivity index is 0.00000242. The molecular weight excluding hydrogens is 320 g/mol. The third kappa shape index (κ3) is 6.15. The molecule has 0 aromatic heterocycles. The van der Waals surface area contributed by atoms with Crippen molar-refractivity contribution in [1.82, 2.24) is 5.32 Å². The van der Waals surface area contributed by atoms with Gasteiger partial charge < -0.3 is 5.32 Å². The molecule has 0 amide bonds. The smallest absolute Gasteiger partial charge is 0.238 e. The van der Waals surface area contributed by atoms with Crippen LogP contribution in [0.1, 0.15) is 11.1 Å². The molecule has 0 bridgehead atoms. The molecule has 0 unspecified atom stereocenters. The van der Waals surface area contributed by atoms with E-state index >= 15 is 0 Å². The molecule has 4 nitrogen and oxygen atoms in total. The lowest BCUT2D eigenvalue weighted by molar-refractivity contribution is 0.597. The van der Waals surface area contributed by atoms with Crippen molar-refractivity contribution in [3.8, 4) is 0 Å². The molecule has 22 heavy (non-hydrogen) atoms. The maximum absolute atomic E-state index is 11.1. The highest BCUT2D eigenvalue weighted by atomic mass is 35.5. The summed E-state index contributed by atoms with van der Waals surface area (Å²) in [4.78, 5) is 0.156. The highest BCUT2D eigenvalue weighted by Crippen LogP contribution is 2.08. The number of rotatable bonds is 7. The zero-order chi connectivity index (χ0) is 15.1. The van der Waals surface area contributed by atoms with Gasteiger partial charge >= 0.3 is 0 Å². The molecule has 120 valence electrons. The summed E-state index contributed by atoms with van der Waals surface area (Å²) in [6.07, 6.45) is 1.87. The molecule has 0 fully saturated rings. The Morgan fingerprint density at radius 1 is 0.818 bits per heavy atom. The third-order valence-electron chi connectivity index (χ3n) is 3.28. The van der Waals surface area contributed by atoms with Crippen molar-refractivity contribution >= 4 is 22.4 Å². The standard InChI is InChI=1S/C16H20N2O2S.ClH/c17-21(19,20)16-8-6-15(7-9-16)11-13-18-12-10-14-4-2-1-3-5-14;/h1-9,18H,10-13H2,(H2,17,19,20);1H. The molecule has 0 saturated carbocycles. The van der Waals surface area contributed by atoms with E-state index < -0.39 is 10.0 Å². The predicted molar refractivity (Wildman–Crippen MR) is 91.8 cm³/mol. The highest BCUT2D eigenvalue weighted by molar-refractivity contribution is 7.89. The zero-order valence-corrected chi connectivity index (χ0v) is 13.9. The maximum Gasteiger partial charge on any atom is 0.238 e. The Kier molecular flexibility index (Phi) is 7.55. The van der Waals surface area contributed by atoms with E-state index in [1.165, 1.54) is 5.56 Å². The lowest BCUT2D eigenvalue weighted by Gasteiger charge is -2.06. The second kappa shape index (κ2) is 8.90. The zero-order valence-electron chi connectivity index (χ0n) is 12.2. The summed E-state index contributed by atoms with van der Waals surface area (Å²) in [5.41, 5.74) is 2.41. The number of sulfonamides is 1. The molecule has 0 aliphatic heterocycles. The van der Waals surface area contributed by atoms with Crippen LogP contribution in [-0.4, -0.2) is 21.5 Å². The van der Waals surface area contributed by atoms with Gasteiger partial charge in [0.05, 0.1) is 4.90 Å². The second-order valence-electron chi connectivity index (χ2n) is 4.92. The second-order valence-corrected chi connectivity index (χ2v) is 6.49. The van der Waals surface area contributed by atoms with Gasteiger partial charge in [0, 0.05) is 0 Å². The lowest BCUT2D eigenvalue weighted by atomic mass is 10.1. The number of hydrogen-bond acceptors (Lipinski definition) is 3. The molecule has 2 rings (SSSR count). The van der Waals surface area contributed by atoms with Crippen LogP contribution in [0.15, 0.2) is 59.5 Å². The number of primary sulfonamides is 1. The molecule has 0 aliphatic rings. The highest BCUT2D eigenvalue weighted by Gasteiger charge is 2.06. The first kappa shape index (κ1) is 18.6. The Bertz CT molecular complexity index is 658. The normalized spacial score (nSPS) is 11.0. The van der Waals surface area contributed by atoms with Crippen LogP contribution in [0.4, 0.5) is 0 Å². The fourth-order valence-corrected chi connectivity index (χ4v) is 2.60. The van der Waals surface area contributed by atoms with E-state index in [0.717, 1.165) is 31.5 Å². The quantitative estimate of drug-likeness (QED) is 0.758. The summed E-state index contributed by atoms with van der Waals surface area (Å²) in [5.74, 6) is 0. The van der Waals surface area contributed by atoms with Gasteiger partial charge in [-0.05, 0) is 49.2 Å². The molecular formula is C16H21ClN2O2S. The number of nitrogens with two attached hydrogens (primary N) is 1. The topological polar surface area (TPSA) is 72.2 Å². The van der Waals surface area contributed by atoms with Crippen LogP contribution in [0.2, 0.25) is 0 Å². The van der Waals surface area contributed by atoms with Crippen LogP contribution in [0, 0.1) is 0 Å². The predicted octanol–water partition coefficient (Wildman–Crippen LogP) is 2.13. The summed E-state index contributed by atoms with van der Waals surface area (Å²) in [5, 5.41) is 8.45. The van der Waals surface area contributed by atoms with E-state index in [1.54, 1.807) is 24.3 Å². The molecule has 3 N–H and O–H groups in total. The molecule has 6 heteroatoms. The summed E-state index contributed by atoms with van der Waals surface area (Å²) in [6, 6.07) is 17.1. The SMILES string of the molecule is Cl.NS(=O)(=O)c1ccc(CCNCCc2ccccc2)cc1. The average Bonchev–Trinajstić information content (AvgIpc) is 2.47. The van der Waals surface area contributed by atoms with Crippen molar-refractivity contribution in [2.45, 2.75) is 17.7 Å². The van der Waals surface area contributed by atoms with Crippen molar-refractivity contribution in [2.24, 2.45) is 5.14 Å². The van der Waals surface area contributed by atoms with Gasteiger partial charge in [0.2, 0.25) is 10.0 Å². The third-order valence-corrected chi connectivity index (χ3v) is 4.20. The summed E-state index contributed by atoms with van der Waals surface area (Å²) in [7, 11) is -3.59. The fourth-order valence-electron chi connectivity index (χ4n) is 2.08. The van der Waals surface area contributed by atoms with Gasteiger partial charge in [0.15, 0.2) is 0 Å². The Morgan fingerprint density at radius 2 is 1.32 bits per heavy atom. The molecule has 0 saturated heterocycles. The van der Waals surface area contributed by atoms with Crippen molar-refractivity contribution in [1.29, 1.82) is 0 Å². The van der Waals surface area contributed by atoms with E-state index in [2.05, 4.69) is 17.4 Å². The molecule has 0 spiro atoms. The first-order valence-electron chi connectivity index (χ1n) is 6.92. The van der Waals surface area contributed by atoms with E-state index in [4.69, 9.17) is 5.14 Å². The van der Waals surface area contributed by atoms with Crippen LogP contribution in [0.5, 0.6) is 0 Å². The van der Waals surface area contributed by atoms with Gasteiger partial charge in [-0.15, -0.1) is 12.4 Å². The van der Waals surface area contributed by atoms with E-state index in [-0.39, 0.29) is 17.3 Å². The molecule has 0 heterocycles. The van der Waals surface area contributed by atoms with Gasteiger partial charge in [0.1, 0.15) is 0 Å². The Morgan fingerprint density at radius 3 is 1.82 bits per heavy atom. The number of nitrogens with one attached hydrogen (secondary N) is 1. The maximum atomic E-state index is 11.1. The first-order chi connectivity index (χ1) is 10.1. The van der Waals surface area contributed by atoms with Crippen LogP contribution in [0.3, 0.4) is 0 Å². The van der Waals surface area contributed by atoms with Gasteiger partial charge in [-0.3, -0.25) is 0 Å². The number of hydrogen-bond donors (Lipinski definition) is 2. The average molecular weight is 341 g/mol. The van der Waals surface area contributed by atoms with Crippen molar-refractivity contribution < 1.29 is 8.42 Å². The Labute approximate surface area is 138 Å². The van der Waals surface area contributed by atoms with Crippen LogP contribution in [-0.2, 0) is 22.9 Å². The summed E-state index contributed by atoms with van der Waals surface area (Å²) in [6.45, 7) is 1.79. The molecule has 2 aromatic rings. The van der Waals surface area contributed by atoms with Gasteiger partial charge in [-0.25, -0.2) is 13.6 Å². The van der Waals surface area contributed by atoms with E-state index in [1.807, 2.05) is 18.2 Å². The van der Waals surface area contributed by atoms with Gasteiger partial charge in [0.25, 0.3) is 0 Å². The first-order valence-corrected chi connectivity index (χ1v) is 8.47. The lowest BCUT2D eigenvalue weighted by Crippen LogP contribution is -2.20. The monoisotopic (exact) mass is 340 g/mol. The summed E-state index contributed by atoms with van der Waals surface area (Å²) < 4.78 is 22.3. The summed E-state index contributed by atoms with van der Waals surface area (Å²) >= 11 is 0. The van der Waals surface area contributed by atoms with Crippen LogP contribution >= 0.6 is 12.4 Å². The molecule has 0 atom stereocenters. The minimum Gasteiger partial charge on any atom is -0.316 e. The molecule has 0 aliphatic carbocycles. The van der Waals surface area contributed by atoms with Crippen LogP contribution < -0.4 is 10.5 Å². The number of benzene rings is 2. The van der Waals surface area contributed by atoms with Crippen molar-refractivity contribution in [3.63, 3.8) is 0 Å². The van der Waals surface area contributed by atoms with E-state index in [0.29, 0.717) is 0 Å². The minimum atomic E-state index is -3.59. The van der Waals surface area contributed by atoms with E-state index in [9.17, 15) is 8.42 Å². The molecule has 0 radical (unpaired) electrons. The van der Waals surface area contributed by atoms with Crippen molar-refractivity contribution in [3.05, 3.63) is 65.7 Å².